The first-order valence-electron chi connectivity index (χ1n) is 9.38. The molecule has 148 valence electrons. The Bertz CT molecular complexity index is 950. The van der Waals surface area contributed by atoms with Crippen LogP contribution in [0.4, 0.5) is 5.82 Å². The first kappa shape index (κ1) is 20.1. The minimum Gasteiger partial charge on any atom is -0.360 e. The van der Waals surface area contributed by atoms with Gasteiger partial charge >= 0.3 is 0 Å². The van der Waals surface area contributed by atoms with Crippen molar-refractivity contribution in [1.82, 2.24) is 19.9 Å². The van der Waals surface area contributed by atoms with E-state index in [0.717, 1.165) is 36.3 Å². The number of amides is 1. The Morgan fingerprint density at radius 1 is 1.25 bits per heavy atom. The molecule has 2 aromatic heterocycles. The number of rotatable bonds is 8. The second-order valence-corrected chi connectivity index (χ2v) is 7.93. The summed E-state index contributed by atoms with van der Waals surface area (Å²) >= 11 is 1.43. The number of aromatic nitrogens is 4. The smallest absolute Gasteiger partial charge is 0.239 e. The summed E-state index contributed by atoms with van der Waals surface area (Å²) in [5.41, 5.74) is 2.15. The number of benzene rings is 1. The van der Waals surface area contributed by atoms with Gasteiger partial charge < -0.3 is 9.84 Å². The fraction of sp³-hybridized carbons (Fsp3) is 0.400. The number of carbonyl (C=O) groups is 1. The van der Waals surface area contributed by atoms with Crippen LogP contribution in [0.3, 0.4) is 0 Å². The topological polar surface area (TPSA) is 85.8 Å². The van der Waals surface area contributed by atoms with E-state index in [1.807, 2.05) is 36.6 Å². The van der Waals surface area contributed by atoms with E-state index in [1.54, 1.807) is 13.0 Å². The summed E-state index contributed by atoms with van der Waals surface area (Å²) in [5.74, 6) is 1.77. The first-order valence-corrected chi connectivity index (χ1v) is 10.3. The molecule has 0 aliphatic heterocycles. The highest BCUT2D eigenvalue weighted by Crippen LogP contribution is 2.29. The normalized spacial score (nSPS) is 12.1. The largest absolute Gasteiger partial charge is 0.360 e. The van der Waals surface area contributed by atoms with Gasteiger partial charge in [-0.15, -0.1) is 10.2 Å². The average molecular weight is 400 g/mol. The lowest BCUT2D eigenvalue weighted by Crippen LogP contribution is -2.26. The van der Waals surface area contributed by atoms with Gasteiger partial charge in [-0.2, -0.15) is 0 Å². The van der Waals surface area contributed by atoms with Gasteiger partial charge in [0, 0.05) is 11.8 Å². The SMILES string of the molecule is CCCC[C@@H](Sc1nnc(C)n1-c1cccc(C)c1)C(=O)Nc1cc(C)on1. The van der Waals surface area contributed by atoms with Crippen LogP contribution >= 0.6 is 11.8 Å². The first-order chi connectivity index (χ1) is 13.5. The molecule has 0 aliphatic rings. The molecule has 0 fully saturated rings. The second kappa shape index (κ2) is 9.05. The van der Waals surface area contributed by atoms with Crippen LogP contribution in [0.5, 0.6) is 0 Å². The average Bonchev–Trinajstić information content (AvgIpc) is 3.23. The van der Waals surface area contributed by atoms with Crippen molar-refractivity contribution in [3.05, 3.63) is 47.5 Å². The fourth-order valence-corrected chi connectivity index (χ4v) is 4.01. The molecule has 0 radical (unpaired) electrons. The van der Waals surface area contributed by atoms with Crippen LogP contribution in [0.2, 0.25) is 0 Å². The van der Waals surface area contributed by atoms with Crippen molar-refractivity contribution in [2.24, 2.45) is 0 Å². The van der Waals surface area contributed by atoms with Crippen LogP contribution in [0.1, 0.15) is 43.3 Å². The van der Waals surface area contributed by atoms with Crippen molar-refractivity contribution < 1.29 is 9.32 Å². The third kappa shape index (κ3) is 4.81. The summed E-state index contributed by atoms with van der Waals surface area (Å²) in [6.07, 6.45) is 2.70. The number of unbranched alkanes of at least 4 members (excludes halogenated alkanes) is 1. The molecular formula is C20H25N5O2S. The summed E-state index contributed by atoms with van der Waals surface area (Å²) in [5, 5.41) is 15.7. The minimum absolute atomic E-state index is 0.108. The minimum atomic E-state index is -0.302. The quantitative estimate of drug-likeness (QED) is 0.563. The number of nitrogens with zero attached hydrogens (tertiary/aromatic N) is 4. The number of aryl methyl sites for hydroxylation is 3. The molecule has 0 saturated carbocycles. The molecule has 3 aromatic rings. The molecule has 8 heteroatoms. The van der Waals surface area contributed by atoms with E-state index in [1.165, 1.54) is 11.8 Å². The predicted molar refractivity (Wildman–Crippen MR) is 110 cm³/mol. The predicted octanol–water partition coefficient (Wildman–Crippen LogP) is 4.47. The third-order valence-electron chi connectivity index (χ3n) is 4.29. The zero-order chi connectivity index (χ0) is 20.1. The maximum atomic E-state index is 12.9. The molecular weight excluding hydrogens is 374 g/mol. The van der Waals surface area contributed by atoms with Crippen molar-refractivity contribution in [3.63, 3.8) is 0 Å². The van der Waals surface area contributed by atoms with Crippen molar-refractivity contribution in [2.45, 2.75) is 57.4 Å². The highest BCUT2D eigenvalue weighted by molar-refractivity contribution is 8.00. The molecule has 0 saturated heterocycles. The summed E-state index contributed by atoms with van der Waals surface area (Å²) < 4.78 is 7.03. The standard InChI is InChI=1S/C20H25N5O2S/c1-5-6-10-17(19(26)21-18-12-14(3)27-24-18)28-20-23-22-15(4)25(20)16-9-7-8-13(2)11-16/h7-9,11-12,17H,5-6,10H2,1-4H3,(H,21,24,26)/t17-/m1/s1. The molecule has 0 unspecified atom stereocenters. The van der Waals surface area contributed by atoms with E-state index < -0.39 is 0 Å². The Morgan fingerprint density at radius 2 is 2.07 bits per heavy atom. The lowest BCUT2D eigenvalue weighted by Gasteiger charge is -2.16. The second-order valence-electron chi connectivity index (χ2n) is 6.76. The van der Waals surface area contributed by atoms with E-state index in [4.69, 9.17) is 4.52 Å². The maximum Gasteiger partial charge on any atom is 0.239 e. The van der Waals surface area contributed by atoms with Gasteiger partial charge in [-0.25, -0.2) is 0 Å². The van der Waals surface area contributed by atoms with Gasteiger partial charge in [0.15, 0.2) is 11.0 Å². The van der Waals surface area contributed by atoms with Gasteiger partial charge in [0.05, 0.1) is 5.25 Å². The molecule has 28 heavy (non-hydrogen) atoms. The molecule has 0 aliphatic carbocycles. The maximum absolute atomic E-state index is 12.9. The van der Waals surface area contributed by atoms with Crippen LogP contribution in [0.25, 0.3) is 5.69 Å². The molecule has 3 rings (SSSR count). The lowest BCUT2D eigenvalue weighted by molar-refractivity contribution is -0.115. The zero-order valence-corrected chi connectivity index (χ0v) is 17.4. The summed E-state index contributed by atoms with van der Waals surface area (Å²) in [6.45, 7) is 7.87. The van der Waals surface area contributed by atoms with Crippen molar-refractivity contribution in [1.29, 1.82) is 0 Å². The van der Waals surface area contributed by atoms with Gasteiger partial charge in [0.2, 0.25) is 5.91 Å². The van der Waals surface area contributed by atoms with E-state index >= 15 is 0 Å². The van der Waals surface area contributed by atoms with Gasteiger partial charge in [0.25, 0.3) is 0 Å². The molecule has 1 amide bonds. The highest BCUT2D eigenvalue weighted by Gasteiger charge is 2.24. The van der Waals surface area contributed by atoms with Crippen molar-refractivity contribution in [2.75, 3.05) is 5.32 Å². The lowest BCUT2D eigenvalue weighted by atomic mass is 10.2. The Hall–Kier alpha value is -2.61. The fourth-order valence-electron chi connectivity index (χ4n) is 2.88. The number of anilines is 1. The summed E-state index contributed by atoms with van der Waals surface area (Å²) in [4.78, 5) is 12.9. The highest BCUT2D eigenvalue weighted by atomic mass is 32.2. The monoisotopic (exact) mass is 399 g/mol. The molecule has 0 spiro atoms. The van der Waals surface area contributed by atoms with Crippen LogP contribution in [0, 0.1) is 20.8 Å². The van der Waals surface area contributed by atoms with Crippen LogP contribution in [0.15, 0.2) is 40.0 Å². The van der Waals surface area contributed by atoms with E-state index in [0.29, 0.717) is 16.7 Å². The van der Waals surface area contributed by atoms with Gasteiger partial charge in [-0.05, 0) is 44.9 Å². The van der Waals surface area contributed by atoms with Crippen molar-refractivity contribution >= 4 is 23.5 Å². The number of nitrogens with one attached hydrogen (secondary N) is 1. The van der Waals surface area contributed by atoms with Crippen LogP contribution in [-0.2, 0) is 4.79 Å². The summed E-state index contributed by atoms with van der Waals surface area (Å²) in [6, 6.07) is 9.87. The molecule has 1 N–H and O–H groups in total. The molecule has 0 bridgehead atoms. The number of thioether (sulfide) groups is 1. The van der Waals surface area contributed by atoms with Crippen molar-refractivity contribution in [3.8, 4) is 5.69 Å². The van der Waals surface area contributed by atoms with Gasteiger partial charge in [-0.1, -0.05) is 48.8 Å². The third-order valence-corrected chi connectivity index (χ3v) is 5.50. The Labute approximate surface area is 168 Å². The molecule has 1 atom stereocenters. The number of hydrogen-bond donors (Lipinski definition) is 1. The van der Waals surface area contributed by atoms with Gasteiger partial charge in [-0.3, -0.25) is 9.36 Å². The number of carbonyl (C=O) groups excluding carboxylic acids is 1. The Balaban J connectivity index is 1.84. The van der Waals surface area contributed by atoms with E-state index in [2.05, 4.69) is 33.7 Å². The number of hydrogen-bond acceptors (Lipinski definition) is 6. The molecule has 2 heterocycles. The molecule has 1 aromatic carbocycles. The van der Waals surface area contributed by atoms with Crippen LogP contribution in [-0.4, -0.2) is 31.1 Å². The summed E-state index contributed by atoms with van der Waals surface area (Å²) in [7, 11) is 0. The Morgan fingerprint density at radius 3 is 2.75 bits per heavy atom. The van der Waals surface area contributed by atoms with Crippen LogP contribution < -0.4 is 5.32 Å². The Kier molecular flexibility index (Phi) is 6.51. The van der Waals surface area contributed by atoms with E-state index in [-0.39, 0.29) is 11.2 Å². The molecule has 7 nitrogen and oxygen atoms in total. The zero-order valence-electron chi connectivity index (χ0n) is 16.6. The van der Waals surface area contributed by atoms with Gasteiger partial charge in [0.1, 0.15) is 11.6 Å². The van der Waals surface area contributed by atoms with E-state index in [9.17, 15) is 4.79 Å².